The van der Waals surface area contributed by atoms with Crippen LogP contribution in [-0.4, -0.2) is 38.0 Å². The average Bonchev–Trinajstić information content (AvgIpc) is 3.06. The Bertz CT molecular complexity index is 942. The van der Waals surface area contributed by atoms with Gasteiger partial charge in [-0.15, -0.1) is 0 Å². The molecule has 1 aromatic heterocycles. The van der Waals surface area contributed by atoms with Gasteiger partial charge in [0.1, 0.15) is 0 Å². The predicted molar refractivity (Wildman–Crippen MR) is 116 cm³/mol. The van der Waals surface area contributed by atoms with E-state index in [4.69, 9.17) is 10.8 Å². The minimum atomic E-state index is -0.473. The first-order chi connectivity index (χ1) is 14.3. The topological polar surface area (TPSA) is 113 Å². The smallest absolute Gasteiger partial charge is 0.250 e. The molecule has 7 nitrogen and oxygen atoms in total. The van der Waals surface area contributed by atoms with Gasteiger partial charge in [0, 0.05) is 17.4 Å². The summed E-state index contributed by atoms with van der Waals surface area (Å²) in [5, 5.41) is 27.8. The highest BCUT2D eigenvalue weighted by Crippen LogP contribution is 2.37. The molecule has 4 rings (SSSR count). The van der Waals surface area contributed by atoms with Crippen molar-refractivity contribution in [3.05, 3.63) is 40.7 Å². The summed E-state index contributed by atoms with van der Waals surface area (Å²) in [4.78, 5) is 12.0. The van der Waals surface area contributed by atoms with Crippen LogP contribution in [0.5, 0.6) is 0 Å². The minimum Gasteiger partial charge on any atom is -0.393 e. The van der Waals surface area contributed by atoms with E-state index >= 15 is 0 Å². The molecule has 0 aliphatic heterocycles. The molecular formula is C23H32N4O3. The molecule has 1 saturated carbocycles. The molecule has 0 saturated heterocycles. The van der Waals surface area contributed by atoms with Crippen LogP contribution in [0.3, 0.4) is 0 Å². The molecular weight excluding hydrogens is 380 g/mol. The summed E-state index contributed by atoms with van der Waals surface area (Å²) in [6, 6.07) is 5.74. The van der Waals surface area contributed by atoms with Crippen LogP contribution in [0.2, 0.25) is 0 Å². The first-order valence-electron chi connectivity index (χ1n) is 10.9. The van der Waals surface area contributed by atoms with Crippen molar-refractivity contribution in [3.63, 3.8) is 0 Å². The number of amides is 1. The number of primary amides is 1. The lowest BCUT2D eigenvalue weighted by Crippen LogP contribution is -2.29. The van der Waals surface area contributed by atoms with E-state index < -0.39 is 5.91 Å². The Labute approximate surface area is 177 Å². The van der Waals surface area contributed by atoms with Crippen LogP contribution < -0.4 is 11.1 Å². The number of aliphatic hydroxyl groups is 2. The zero-order valence-corrected chi connectivity index (χ0v) is 17.8. The Morgan fingerprint density at radius 1 is 1.30 bits per heavy atom. The van der Waals surface area contributed by atoms with Crippen molar-refractivity contribution in [1.29, 1.82) is 0 Å². The number of nitrogens with two attached hydrogens (primary N) is 1. The van der Waals surface area contributed by atoms with Crippen LogP contribution in [-0.2, 0) is 19.4 Å². The van der Waals surface area contributed by atoms with Gasteiger partial charge in [0.2, 0.25) is 0 Å². The number of aliphatic hydroxyl groups excluding tert-OH is 2. The highest BCUT2D eigenvalue weighted by Gasteiger charge is 2.31. The maximum absolute atomic E-state index is 12.0. The van der Waals surface area contributed by atoms with Crippen LogP contribution in [0.1, 0.15) is 73.3 Å². The van der Waals surface area contributed by atoms with Gasteiger partial charge < -0.3 is 21.3 Å². The maximum atomic E-state index is 12.0. The second kappa shape index (κ2) is 8.04. The summed E-state index contributed by atoms with van der Waals surface area (Å²) in [6.07, 6.45) is 5.84. The van der Waals surface area contributed by atoms with Crippen LogP contribution >= 0.6 is 0 Å². The third-order valence-electron chi connectivity index (χ3n) is 6.59. The SMILES string of the molecule is CC1(C)CCc2c(CO)nn(-c3ccc(C(N)=O)c(N[C@H]4CC[C@H](O)CC4)c3)c2C1. The summed E-state index contributed by atoms with van der Waals surface area (Å²) < 4.78 is 1.92. The number of hydrogen-bond acceptors (Lipinski definition) is 5. The summed E-state index contributed by atoms with van der Waals surface area (Å²) in [6.45, 7) is 4.43. The number of benzene rings is 1. The van der Waals surface area contributed by atoms with Gasteiger partial charge in [-0.1, -0.05) is 13.8 Å². The van der Waals surface area contributed by atoms with Crippen LogP contribution in [0.4, 0.5) is 5.69 Å². The largest absolute Gasteiger partial charge is 0.393 e. The Hall–Kier alpha value is -2.38. The molecule has 2 aliphatic rings. The van der Waals surface area contributed by atoms with E-state index in [1.54, 1.807) is 6.07 Å². The number of nitrogens with one attached hydrogen (secondary N) is 1. The van der Waals surface area contributed by atoms with Gasteiger partial charge in [-0.05, 0) is 74.1 Å². The van der Waals surface area contributed by atoms with Gasteiger partial charge in [-0.3, -0.25) is 4.79 Å². The number of fused-ring (bicyclic) bond motifs is 1. The number of rotatable bonds is 5. The minimum absolute atomic E-state index is 0.0787. The third kappa shape index (κ3) is 4.09. The van der Waals surface area contributed by atoms with E-state index in [-0.39, 0.29) is 24.2 Å². The molecule has 5 N–H and O–H groups in total. The van der Waals surface area contributed by atoms with Gasteiger partial charge >= 0.3 is 0 Å². The maximum Gasteiger partial charge on any atom is 0.250 e. The first-order valence-corrected chi connectivity index (χ1v) is 10.9. The van der Waals surface area contributed by atoms with Crippen LogP contribution in [0.15, 0.2) is 18.2 Å². The lowest BCUT2D eigenvalue weighted by atomic mass is 9.76. The molecule has 7 heteroatoms. The molecule has 0 atom stereocenters. The van der Waals surface area contributed by atoms with Crippen molar-refractivity contribution in [2.24, 2.45) is 11.1 Å². The van der Waals surface area contributed by atoms with Gasteiger partial charge in [0.25, 0.3) is 5.91 Å². The van der Waals surface area contributed by atoms with E-state index in [0.29, 0.717) is 11.3 Å². The molecule has 162 valence electrons. The normalized spacial score (nSPS) is 23.1. The predicted octanol–water partition coefficient (Wildman–Crippen LogP) is 2.69. The lowest BCUT2D eigenvalue weighted by molar-refractivity contribution is 0.100. The molecule has 2 aromatic rings. The van der Waals surface area contributed by atoms with E-state index in [2.05, 4.69) is 19.2 Å². The molecule has 1 aromatic carbocycles. The Morgan fingerprint density at radius 2 is 2.03 bits per heavy atom. The van der Waals surface area contributed by atoms with Crippen molar-refractivity contribution in [3.8, 4) is 5.69 Å². The van der Waals surface area contributed by atoms with Gasteiger partial charge in [0.15, 0.2) is 0 Å². The van der Waals surface area contributed by atoms with E-state index in [0.717, 1.165) is 67.6 Å². The average molecular weight is 413 g/mol. The zero-order chi connectivity index (χ0) is 21.5. The molecule has 30 heavy (non-hydrogen) atoms. The molecule has 1 amide bonds. The number of carbonyl (C=O) groups excluding carboxylic acids is 1. The van der Waals surface area contributed by atoms with Crippen LogP contribution in [0, 0.1) is 5.41 Å². The van der Waals surface area contributed by atoms with E-state index in [1.165, 1.54) is 0 Å². The molecule has 2 aliphatic carbocycles. The lowest BCUT2D eigenvalue weighted by Gasteiger charge is -2.30. The second-order valence-corrected chi connectivity index (χ2v) is 9.53. The molecule has 1 heterocycles. The zero-order valence-electron chi connectivity index (χ0n) is 17.8. The van der Waals surface area contributed by atoms with Crippen molar-refractivity contribution in [1.82, 2.24) is 9.78 Å². The fraction of sp³-hybridized carbons (Fsp3) is 0.565. The standard InChI is InChI=1S/C23H32N4O3/c1-23(2)10-9-17-20(13-28)26-27(21(17)12-23)15-5-8-18(22(24)30)19(11-15)25-14-3-6-16(29)7-4-14/h5,8,11,14,16,25,28-29H,3-4,6-7,9-10,12-13H2,1-2H3,(H2,24,30)/t14-,16-. The highest BCUT2D eigenvalue weighted by atomic mass is 16.3. The molecule has 1 fully saturated rings. The summed E-state index contributed by atoms with van der Waals surface area (Å²) in [7, 11) is 0. The third-order valence-corrected chi connectivity index (χ3v) is 6.59. The van der Waals surface area contributed by atoms with Gasteiger partial charge in [0.05, 0.1) is 29.7 Å². The highest BCUT2D eigenvalue weighted by molar-refractivity contribution is 5.99. The van der Waals surface area contributed by atoms with E-state index in [9.17, 15) is 15.0 Å². The second-order valence-electron chi connectivity index (χ2n) is 9.53. The molecule has 0 bridgehead atoms. The Kier molecular flexibility index (Phi) is 5.59. The quantitative estimate of drug-likeness (QED) is 0.603. The monoisotopic (exact) mass is 412 g/mol. The molecule has 0 radical (unpaired) electrons. The first kappa shape index (κ1) is 20.9. The van der Waals surface area contributed by atoms with Gasteiger partial charge in [-0.25, -0.2) is 4.68 Å². The van der Waals surface area contributed by atoms with Crippen LogP contribution in [0.25, 0.3) is 5.69 Å². The number of aromatic nitrogens is 2. The van der Waals surface area contributed by atoms with Gasteiger partial charge in [-0.2, -0.15) is 5.10 Å². The van der Waals surface area contributed by atoms with E-state index in [1.807, 2.05) is 16.8 Å². The van der Waals surface area contributed by atoms with Crippen molar-refractivity contribution in [2.75, 3.05) is 5.32 Å². The molecule has 0 unspecified atom stereocenters. The number of nitrogens with zero attached hydrogens (tertiary/aromatic N) is 2. The summed E-state index contributed by atoms with van der Waals surface area (Å²) in [5.41, 5.74) is 10.8. The number of hydrogen-bond donors (Lipinski definition) is 4. The Balaban J connectivity index is 1.72. The fourth-order valence-electron chi connectivity index (χ4n) is 4.79. The summed E-state index contributed by atoms with van der Waals surface area (Å²) in [5.74, 6) is -0.473. The van der Waals surface area contributed by atoms with Crippen molar-refractivity contribution in [2.45, 2.75) is 77.5 Å². The summed E-state index contributed by atoms with van der Waals surface area (Å²) >= 11 is 0. The fourth-order valence-corrected chi connectivity index (χ4v) is 4.79. The van der Waals surface area contributed by atoms with Crippen molar-refractivity contribution >= 4 is 11.6 Å². The van der Waals surface area contributed by atoms with Crippen molar-refractivity contribution < 1.29 is 15.0 Å². The molecule has 0 spiro atoms. The number of carbonyl (C=O) groups is 1. The Morgan fingerprint density at radius 3 is 2.70 bits per heavy atom. The number of anilines is 1.